The van der Waals surface area contributed by atoms with Crippen molar-refractivity contribution in [1.29, 1.82) is 0 Å². The van der Waals surface area contributed by atoms with Crippen molar-refractivity contribution < 1.29 is 14.3 Å². The van der Waals surface area contributed by atoms with E-state index in [0.717, 1.165) is 0 Å². The van der Waals surface area contributed by atoms with Gasteiger partial charge in [0.15, 0.2) is 0 Å². The number of ether oxygens (including phenoxy) is 1. The van der Waals surface area contributed by atoms with Crippen molar-refractivity contribution in [3.8, 4) is 0 Å². The van der Waals surface area contributed by atoms with Gasteiger partial charge in [0.05, 0.1) is 23.5 Å². The molecule has 0 fully saturated rings. The lowest BCUT2D eigenvalue weighted by Crippen LogP contribution is -2.39. The summed E-state index contributed by atoms with van der Waals surface area (Å²) in [5, 5.41) is 2.99. The molecule has 0 aliphatic rings. The van der Waals surface area contributed by atoms with E-state index in [1.165, 1.54) is 6.07 Å². The molecule has 6 nitrogen and oxygen atoms in total. The fourth-order valence-corrected chi connectivity index (χ4v) is 1.77. The summed E-state index contributed by atoms with van der Waals surface area (Å²) in [6.07, 6.45) is 0. The maximum atomic E-state index is 11.6. The predicted molar refractivity (Wildman–Crippen MR) is 78.3 cm³/mol. The Bertz CT molecular complexity index is 500. The fraction of sp³-hybridized carbons (Fsp3) is 0.429. The molecule has 1 aromatic rings. The Morgan fingerprint density at radius 2 is 2.00 bits per heavy atom. The lowest BCUT2D eigenvalue weighted by atomic mass is 10.0. The van der Waals surface area contributed by atoms with Crippen molar-refractivity contribution >= 4 is 23.3 Å². The molecule has 20 heavy (non-hydrogen) atoms. The standard InChI is InChI=1S/C14H21N3O3/c1-4-20-14(19)9-5-6-11(10(15)7-9)17-12(8(2)3)13(16)18/h5-8,12,17H,4,15H2,1-3H3,(H2,16,18). The third kappa shape index (κ3) is 3.88. The van der Waals surface area contributed by atoms with Crippen LogP contribution in [-0.2, 0) is 9.53 Å². The van der Waals surface area contributed by atoms with Gasteiger partial charge in [-0.2, -0.15) is 0 Å². The number of nitrogen functional groups attached to an aromatic ring is 1. The van der Waals surface area contributed by atoms with Gasteiger partial charge in [0.25, 0.3) is 0 Å². The van der Waals surface area contributed by atoms with Crippen molar-refractivity contribution in [1.82, 2.24) is 0 Å². The molecule has 1 rings (SSSR count). The van der Waals surface area contributed by atoms with Crippen molar-refractivity contribution in [2.24, 2.45) is 11.7 Å². The summed E-state index contributed by atoms with van der Waals surface area (Å²) in [4.78, 5) is 22.9. The van der Waals surface area contributed by atoms with Crippen LogP contribution in [0.4, 0.5) is 11.4 Å². The summed E-state index contributed by atoms with van der Waals surface area (Å²) in [5.74, 6) is -0.855. The van der Waals surface area contributed by atoms with Gasteiger partial charge >= 0.3 is 5.97 Å². The molecule has 5 N–H and O–H groups in total. The van der Waals surface area contributed by atoms with Crippen molar-refractivity contribution in [2.45, 2.75) is 26.8 Å². The van der Waals surface area contributed by atoms with Gasteiger partial charge in [-0.3, -0.25) is 4.79 Å². The molecule has 6 heteroatoms. The van der Waals surface area contributed by atoms with Gasteiger partial charge in [0.2, 0.25) is 5.91 Å². The quantitative estimate of drug-likeness (QED) is 0.538. The van der Waals surface area contributed by atoms with Crippen LogP contribution >= 0.6 is 0 Å². The molecule has 0 aromatic heterocycles. The number of primary amides is 1. The van der Waals surface area contributed by atoms with E-state index < -0.39 is 17.9 Å². The summed E-state index contributed by atoms with van der Waals surface area (Å²) in [6, 6.07) is 4.22. The molecular formula is C14H21N3O3. The van der Waals surface area contributed by atoms with E-state index in [9.17, 15) is 9.59 Å². The molecule has 0 aliphatic heterocycles. The molecule has 0 saturated carbocycles. The molecule has 0 aliphatic carbocycles. The lowest BCUT2D eigenvalue weighted by Gasteiger charge is -2.21. The Hall–Kier alpha value is -2.24. The van der Waals surface area contributed by atoms with Gasteiger partial charge in [-0.25, -0.2) is 4.79 Å². The first-order chi connectivity index (χ1) is 9.36. The largest absolute Gasteiger partial charge is 0.462 e. The number of benzene rings is 1. The number of amides is 1. The average molecular weight is 279 g/mol. The zero-order valence-corrected chi connectivity index (χ0v) is 12.0. The second kappa shape index (κ2) is 6.79. The number of nitrogens with one attached hydrogen (secondary N) is 1. The average Bonchev–Trinajstić information content (AvgIpc) is 2.36. The third-order valence-corrected chi connectivity index (χ3v) is 2.85. The van der Waals surface area contributed by atoms with Gasteiger partial charge in [-0.1, -0.05) is 13.8 Å². The number of rotatable bonds is 6. The van der Waals surface area contributed by atoms with E-state index in [4.69, 9.17) is 16.2 Å². The molecule has 0 heterocycles. The third-order valence-electron chi connectivity index (χ3n) is 2.85. The highest BCUT2D eigenvalue weighted by Gasteiger charge is 2.20. The van der Waals surface area contributed by atoms with Gasteiger partial charge in [-0.15, -0.1) is 0 Å². The molecule has 1 aromatic carbocycles. The zero-order valence-electron chi connectivity index (χ0n) is 12.0. The van der Waals surface area contributed by atoms with Crippen LogP contribution in [0.1, 0.15) is 31.1 Å². The van der Waals surface area contributed by atoms with E-state index in [1.54, 1.807) is 19.1 Å². The molecule has 0 saturated heterocycles. The minimum absolute atomic E-state index is 0.0247. The smallest absolute Gasteiger partial charge is 0.338 e. The summed E-state index contributed by atoms with van der Waals surface area (Å²) >= 11 is 0. The summed E-state index contributed by atoms with van der Waals surface area (Å²) in [5.41, 5.74) is 12.5. The molecule has 1 atom stereocenters. The Labute approximate surface area is 118 Å². The van der Waals surface area contributed by atoms with Crippen molar-refractivity contribution in [3.05, 3.63) is 23.8 Å². The highest BCUT2D eigenvalue weighted by atomic mass is 16.5. The van der Waals surface area contributed by atoms with E-state index in [-0.39, 0.29) is 5.92 Å². The molecule has 0 bridgehead atoms. The second-order valence-electron chi connectivity index (χ2n) is 4.79. The van der Waals surface area contributed by atoms with Crippen LogP contribution in [0.25, 0.3) is 0 Å². The van der Waals surface area contributed by atoms with E-state index in [1.807, 2.05) is 13.8 Å². The Morgan fingerprint density at radius 1 is 1.35 bits per heavy atom. The number of carbonyl (C=O) groups excluding carboxylic acids is 2. The van der Waals surface area contributed by atoms with Gasteiger partial charge in [0.1, 0.15) is 6.04 Å². The Balaban J connectivity index is 2.93. The molecule has 0 spiro atoms. The normalized spacial score (nSPS) is 12.0. The Morgan fingerprint density at radius 3 is 2.45 bits per heavy atom. The highest BCUT2D eigenvalue weighted by Crippen LogP contribution is 2.22. The molecule has 1 unspecified atom stereocenters. The lowest BCUT2D eigenvalue weighted by molar-refractivity contribution is -0.119. The number of anilines is 2. The van der Waals surface area contributed by atoms with Crippen molar-refractivity contribution in [2.75, 3.05) is 17.7 Å². The summed E-state index contributed by atoms with van der Waals surface area (Å²) in [6.45, 7) is 5.80. The first kappa shape index (κ1) is 15.8. The van der Waals surface area contributed by atoms with E-state index in [0.29, 0.717) is 23.5 Å². The number of hydrogen-bond acceptors (Lipinski definition) is 5. The van der Waals surface area contributed by atoms with Crippen LogP contribution in [0.15, 0.2) is 18.2 Å². The van der Waals surface area contributed by atoms with Gasteiger partial charge in [-0.05, 0) is 31.0 Å². The Kier molecular flexibility index (Phi) is 5.37. The minimum Gasteiger partial charge on any atom is -0.462 e. The van der Waals surface area contributed by atoms with Gasteiger partial charge in [0, 0.05) is 0 Å². The van der Waals surface area contributed by atoms with Crippen LogP contribution in [0.3, 0.4) is 0 Å². The number of hydrogen-bond donors (Lipinski definition) is 3. The van der Waals surface area contributed by atoms with E-state index in [2.05, 4.69) is 5.32 Å². The minimum atomic E-state index is -0.522. The first-order valence-electron chi connectivity index (χ1n) is 6.49. The SMILES string of the molecule is CCOC(=O)c1ccc(NC(C(N)=O)C(C)C)c(N)c1. The predicted octanol–water partition coefficient (Wildman–Crippen LogP) is 1.37. The number of carbonyl (C=O) groups is 2. The summed E-state index contributed by atoms with van der Waals surface area (Å²) < 4.78 is 4.89. The van der Waals surface area contributed by atoms with Crippen LogP contribution in [0, 0.1) is 5.92 Å². The summed E-state index contributed by atoms with van der Waals surface area (Å²) in [7, 11) is 0. The van der Waals surface area contributed by atoms with Crippen LogP contribution < -0.4 is 16.8 Å². The monoisotopic (exact) mass is 279 g/mol. The van der Waals surface area contributed by atoms with Crippen LogP contribution in [0.2, 0.25) is 0 Å². The number of nitrogens with two attached hydrogens (primary N) is 2. The molecule has 0 radical (unpaired) electrons. The molecule has 110 valence electrons. The van der Waals surface area contributed by atoms with Crippen LogP contribution in [-0.4, -0.2) is 24.5 Å². The highest BCUT2D eigenvalue weighted by molar-refractivity contribution is 5.92. The first-order valence-corrected chi connectivity index (χ1v) is 6.49. The van der Waals surface area contributed by atoms with Crippen molar-refractivity contribution in [3.63, 3.8) is 0 Å². The second-order valence-corrected chi connectivity index (χ2v) is 4.79. The number of esters is 1. The topological polar surface area (TPSA) is 107 Å². The molecule has 1 amide bonds. The van der Waals surface area contributed by atoms with Gasteiger partial charge < -0.3 is 21.5 Å². The zero-order chi connectivity index (χ0) is 15.3. The molecular weight excluding hydrogens is 258 g/mol. The maximum Gasteiger partial charge on any atom is 0.338 e. The fourth-order valence-electron chi connectivity index (χ4n) is 1.77. The van der Waals surface area contributed by atoms with E-state index >= 15 is 0 Å². The maximum absolute atomic E-state index is 11.6. The van der Waals surface area contributed by atoms with Crippen LogP contribution in [0.5, 0.6) is 0 Å².